The summed E-state index contributed by atoms with van der Waals surface area (Å²) >= 11 is 0. The molecular weight excluding hydrogens is 226 g/mol. The molecule has 0 fully saturated rings. The molecule has 5 heteroatoms. The monoisotopic (exact) mass is 251 g/mol. The highest BCUT2D eigenvalue weighted by molar-refractivity contribution is 4.98. The molecule has 0 bridgehead atoms. The zero-order valence-electron chi connectivity index (χ0n) is 11.7. The summed E-state index contributed by atoms with van der Waals surface area (Å²) in [5, 5.41) is 12.0. The van der Waals surface area contributed by atoms with Crippen LogP contribution in [0, 0.1) is 0 Å². The molecule has 1 aromatic rings. The SMILES string of the molecule is CCN(CC)CCNCc1nnc2n1CCCC2. The highest BCUT2D eigenvalue weighted by Gasteiger charge is 2.14. The minimum atomic E-state index is 0.842. The number of fused-ring (bicyclic) bond motifs is 1. The molecule has 0 radical (unpaired) electrons. The number of nitrogens with one attached hydrogen (secondary N) is 1. The molecule has 0 aliphatic carbocycles. The van der Waals surface area contributed by atoms with Gasteiger partial charge in [-0.25, -0.2) is 0 Å². The Morgan fingerprint density at radius 3 is 2.83 bits per heavy atom. The summed E-state index contributed by atoms with van der Waals surface area (Å²) in [7, 11) is 0. The fourth-order valence-electron chi connectivity index (χ4n) is 2.48. The van der Waals surface area contributed by atoms with Gasteiger partial charge >= 0.3 is 0 Å². The first-order valence-corrected chi connectivity index (χ1v) is 7.19. The van der Waals surface area contributed by atoms with E-state index in [4.69, 9.17) is 0 Å². The summed E-state index contributed by atoms with van der Waals surface area (Å²) < 4.78 is 2.29. The van der Waals surface area contributed by atoms with Crippen LogP contribution in [0.5, 0.6) is 0 Å². The predicted octanol–water partition coefficient (Wildman–Crippen LogP) is 1.05. The van der Waals surface area contributed by atoms with Crippen LogP contribution in [-0.2, 0) is 19.5 Å². The normalized spacial score (nSPS) is 15.1. The summed E-state index contributed by atoms with van der Waals surface area (Å²) in [5.74, 6) is 2.27. The van der Waals surface area contributed by atoms with E-state index in [9.17, 15) is 0 Å². The molecule has 1 N–H and O–H groups in total. The lowest BCUT2D eigenvalue weighted by atomic mass is 10.2. The van der Waals surface area contributed by atoms with Crippen molar-refractivity contribution >= 4 is 0 Å². The topological polar surface area (TPSA) is 46.0 Å². The van der Waals surface area contributed by atoms with Gasteiger partial charge in [0.1, 0.15) is 11.6 Å². The zero-order chi connectivity index (χ0) is 12.8. The molecule has 2 heterocycles. The van der Waals surface area contributed by atoms with Gasteiger partial charge in [0.25, 0.3) is 0 Å². The van der Waals surface area contributed by atoms with Crippen LogP contribution in [0.2, 0.25) is 0 Å². The van der Waals surface area contributed by atoms with Gasteiger partial charge in [0.15, 0.2) is 0 Å². The van der Waals surface area contributed by atoms with Crippen molar-refractivity contribution < 1.29 is 0 Å². The minimum Gasteiger partial charge on any atom is -0.314 e. The van der Waals surface area contributed by atoms with Crippen LogP contribution in [-0.4, -0.2) is 45.8 Å². The number of nitrogens with zero attached hydrogens (tertiary/aromatic N) is 4. The molecule has 0 atom stereocenters. The molecule has 0 saturated heterocycles. The van der Waals surface area contributed by atoms with Gasteiger partial charge in [-0.1, -0.05) is 13.8 Å². The van der Waals surface area contributed by atoms with Crippen LogP contribution < -0.4 is 5.32 Å². The van der Waals surface area contributed by atoms with Crippen LogP contribution in [0.15, 0.2) is 0 Å². The van der Waals surface area contributed by atoms with Crippen molar-refractivity contribution in [3.05, 3.63) is 11.6 Å². The number of aromatic nitrogens is 3. The molecule has 2 rings (SSSR count). The van der Waals surface area contributed by atoms with Crippen molar-refractivity contribution in [1.82, 2.24) is 25.0 Å². The Balaban J connectivity index is 1.75. The Morgan fingerprint density at radius 2 is 2.06 bits per heavy atom. The molecule has 0 unspecified atom stereocenters. The van der Waals surface area contributed by atoms with Crippen LogP contribution in [0.1, 0.15) is 38.3 Å². The first-order valence-electron chi connectivity index (χ1n) is 7.19. The van der Waals surface area contributed by atoms with Gasteiger partial charge in [-0.2, -0.15) is 0 Å². The largest absolute Gasteiger partial charge is 0.314 e. The predicted molar refractivity (Wildman–Crippen MR) is 72.5 cm³/mol. The summed E-state index contributed by atoms with van der Waals surface area (Å²) in [4.78, 5) is 2.42. The Hall–Kier alpha value is -0.940. The van der Waals surface area contributed by atoms with Gasteiger partial charge in [-0.15, -0.1) is 10.2 Å². The Bertz CT molecular complexity index is 356. The van der Waals surface area contributed by atoms with E-state index in [1.54, 1.807) is 0 Å². The quantitative estimate of drug-likeness (QED) is 0.736. The van der Waals surface area contributed by atoms with Gasteiger partial charge < -0.3 is 14.8 Å². The lowest BCUT2D eigenvalue weighted by molar-refractivity contribution is 0.301. The third kappa shape index (κ3) is 3.29. The second-order valence-corrected chi connectivity index (χ2v) is 4.84. The van der Waals surface area contributed by atoms with E-state index in [2.05, 4.69) is 38.8 Å². The van der Waals surface area contributed by atoms with E-state index >= 15 is 0 Å². The molecule has 1 aliphatic heterocycles. The second-order valence-electron chi connectivity index (χ2n) is 4.84. The molecule has 0 spiro atoms. The third-order valence-electron chi connectivity index (χ3n) is 3.72. The van der Waals surface area contributed by atoms with E-state index in [-0.39, 0.29) is 0 Å². The number of hydrogen-bond acceptors (Lipinski definition) is 4. The molecule has 0 aromatic carbocycles. The van der Waals surface area contributed by atoms with E-state index < -0.39 is 0 Å². The number of likely N-dealkylation sites (N-methyl/N-ethyl adjacent to an activating group) is 1. The molecule has 102 valence electrons. The molecule has 18 heavy (non-hydrogen) atoms. The van der Waals surface area contributed by atoms with Crippen molar-refractivity contribution in [3.8, 4) is 0 Å². The maximum atomic E-state index is 4.29. The molecule has 0 amide bonds. The highest BCUT2D eigenvalue weighted by atomic mass is 15.3. The standard InChI is InChI=1S/C13H25N5/c1-3-17(4-2)10-8-14-11-13-16-15-12-7-5-6-9-18(12)13/h14H,3-11H2,1-2H3. The lowest BCUT2D eigenvalue weighted by Gasteiger charge is -2.18. The smallest absolute Gasteiger partial charge is 0.147 e. The number of hydrogen-bond donors (Lipinski definition) is 1. The van der Waals surface area contributed by atoms with E-state index in [1.807, 2.05) is 0 Å². The molecule has 1 aliphatic rings. The van der Waals surface area contributed by atoms with Crippen LogP contribution >= 0.6 is 0 Å². The van der Waals surface area contributed by atoms with Crippen molar-refractivity contribution in [2.45, 2.75) is 46.2 Å². The highest BCUT2D eigenvalue weighted by Crippen LogP contribution is 2.13. The zero-order valence-corrected chi connectivity index (χ0v) is 11.7. The van der Waals surface area contributed by atoms with Gasteiger partial charge in [-0.05, 0) is 25.9 Å². The van der Waals surface area contributed by atoms with Gasteiger partial charge in [-0.3, -0.25) is 0 Å². The Kier molecular flexibility index (Phi) is 5.13. The second kappa shape index (κ2) is 6.85. The fourth-order valence-corrected chi connectivity index (χ4v) is 2.48. The van der Waals surface area contributed by atoms with Crippen LogP contribution in [0.3, 0.4) is 0 Å². The first kappa shape index (κ1) is 13.5. The van der Waals surface area contributed by atoms with Crippen molar-refractivity contribution in [2.24, 2.45) is 0 Å². The lowest BCUT2D eigenvalue weighted by Crippen LogP contribution is -2.32. The summed E-state index contributed by atoms with van der Waals surface area (Å²) in [6.45, 7) is 10.7. The third-order valence-corrected chi connectivity index (χ3v) is 3.72. The minimum absolute atomic E-state index is 0.842. The first-order chi connectivity index (χ1) is 8.85. The average molecular weight is 251 g/mol. The molecule has 5 nitrogen and oxygen atoms in total. The average Bonchev–Trinajstić information content (AvgIpc) is 2.82. The maximum Gasteiger partial charge on any atom is 0.147 e. The van der Waals surface area contributed by atoms with E-state index in [0.29, 0.717) is 0 Å². The fraction of sp³-hybridized carbons (Fsp3) is 0.846. The molecular formula is C13H25N5. The van der Waals surface area contributed by atoms with Crippen LogP contribution in [0.4, 0.5) is 0 Å². The maximum absolute atomic E-state index is 4.29. The van der Waals surface area contributed by atoms with E-state index in [1.165, 1.54) is 18.7 Å². The number of rotatable bonds is 7. The summed E-state index contributed by atoms with van der Waals surface area (Å²) in [6.07, 6.45) is 3.61. The Labute approximate surface area is 110 Å². The van der Waals surface area contributed by atoms with Crippen molar-refractivity contribution in [2.75, 3.05) is 26.2 Å². The van der Waals surface area contributed by atoms with Gasteiger partial charge in [0, 0.05) is 26.1 Å². The van der Waals surface area contributed by atoms with Crippen molar-refractivity contribution in [1.29, 1.82) is 0 Å². The summed E-state index contributed by atoms with van der Waals surface area (Å²) in [5.41, 5.74) is 0. The van der Waals surface area contributed by atoms with Gasteiger partial charge in [0.2, 0.25) is 0 Å². The van der Waals surface area contributed by atoms with Crippen LogP contribution in [0.25, 0.3) is 0 Å². The molecule has 1 aromatic heterocycles. The van der Waals surface area contributed by atoms with E-state index in [0.717, 1.165) is 51.5 Å². The van der Waals surface area contributed by atoms with Gasteiger partial charge in [0.05, 0.1) is 6.54 Å². The molecule has 0 saturated carbocycles. The summed E-state index contributed by atoms with van der Waals surface area (Å²) in [6, 6.07) is 0. The Morgan fingerprint density at radius 1 is 1.22 bits per heavy atom. The number of aryl methyl sites for hydroxylation is 1. The van der Waals surface area contributed by atoms with Crippen molar-refractivity contribution in [3.63, 3.8) is 0 Å².